The molecule has 258 valence electrons. The molecule has 3 heterocycles. The van der Waals surface area contributed by atoms with E-state index in [2.05, 4.69) is 24.9 Å². The third-order valence-electron chi connectivity index (χ3n) is 7.49. The van der Waals surface area contributed by atoms with Gasteiger partial charge in [0.15, 0.2) is 23.2 Å². The summed E-state index contributed by atoms with van der Waals surface area (Å²) >= 11 is 5.98. The van der Waals surface area contributed by atoms with Crippen LogP contribution in [0.25, 0.3) is 11.2 Å². The highest BCUT2D eigenvalue weighted by Gasteiger charge is 2.56. The zero-order valence-electron chi connectivity index (χ0n) is 25.8. The second kappa shape index (κ2) is 13.4. The Kier molecular flexibility index (Phi) is 10.0. The summed E-state index contributed by atoms with van der Waals surface area (Å²) in [5, 5.41) is 26.6. The van der Waals surface area contributed by atoms with E-state index in [1.54, 1.807) is 0 Å². The zero-order valence-corrected chi connectivity index (χ0v) is 28.3. The Hall–Kier alpha value is -3.13. The number of nitrogen functional groups attached to an aromatic ring is 1. The Bertz CT molecular complexity index is 1770. The van der Waals surface area contributed by atoms with Crippen molar-refractivity contribution in [3.63, 3.8) is 0 Å². The van der Waals surface area contributed by atoms with E-state index in [0.29, 0.717) is 5.02 Å². The largest absolute Gasteiger partial charge is 0.461 e. The van der Waals surface area contributed by atoms with Gasteiger partial charge in [-0.15, -0.1) is 4.83 Å². The number of hydrogen-bond acceptors (Lipinski definition) is 15. The maximum atomic E-state index is 14.2. The number of nitrogens with one attached hydrogen (secondary N) is 2. The van der Waals surface area contributed by atoms with Crippen LogP contribution < -0.4 is 25.2 Å². The van der Waals surface area contributed by atoms with Crippen LogP contribution in [0.2, 0.25) is 5.02 Å². The lowest BCUT2D eigenvalue weighted by Crippen LogP contribution is -2.44. The minimum absolute atomic E-state index is 0.00483. The van der Waals surface area contributed by atoms with Crippen LogP contribution in [0.15, 0.2) is 30.6 Å². The van der Waals surface area contributed by atoms with Crippen molar-refractivity contribution in [2.45, 2.75) is 75.9 Å². The number of nitrogens with zero attached hydrogens (tertiary/aromatic N) is 5. The SMILES string of the molecule is C[C@H](NP(=O)(Oc1ccc(Cl)cc1)OC1O[C@@H](n2cnc3c(N(C)NS(C)(=O)=O)nc(N)nc32)[C@](C)(O)C1O)C(=O)OC1CCCC1. The van der Waals surface area contributed by atoms with Gasteiger partial charge in [-0.05, 0) is 63.8 Å². The van der Waals surface area contributed by atoms with Gasteiger partial charge in [0.05, 0.1) is 12.6 Å². The highest BCUT2D eigenvalue weighted by atomic mass is 35.5. The quantitative estimate of drug-likeness (QED) is 0.101. The topological polar surface area (TPSA) is 243 Å². The molecule has 21 heteroatoms. The van der Waals surface area contributed by atoms with E-state index < -0.39 is 54.0 Å². The summed E-state index contributed by atoms with van der Waals surface area (Å²) in [5.41, 5.74) is 3.83. The Morgan fingerprint density at radius 2 is 1.94 bits per heavy atom. The van der Waals surface area contributed by atoms with Gasteiger partial charge in [-0.2, -0.15) is 15.1 Å². The van der Waals surface area contributed by atoms with Crippen LogP contribution in [0, 0.1) is 0 Å². The smallest absolute Gasteiger partial charge is 0.461 e. The molecule has 0 spiro atoms. The summed E-state index contributed by atoms with van der Waals surface area (Å²) in [7, 11) is -6.93. The maximum Gasteiger partial charge on any atom is 0.461 e. The van der Waals surface area contributed by atoms with Crippen molar-refractivity contribution in [1.29, 1.82) is 0 Å². The average molecular weight is 719 g/mol. The predicted octanol–water partition coefficient (Wildman–Crippen LogP) is 1.60. The van der Waals surface area contributed by atoms with Crippen molar-refractivity contribution in [2.75, 3.05) is 24.0 Å². The molecule has 0 amide bonds. The minimum atomic E-state index is -4.59. The van der Waals surface area contributed by atoms with E-state index in [0.717, 1.165) is 36.9 Å². The summed E-state index contributed by atoms with van der Waals surface area (Å²) in [4.78, 5) is 27.6. The number of fused-ring (bicyclic) bond motifs is 1. The van der Waals surface area contributed by atoms with E-state index in [4.69, 9.17) is 35.9 Å². The van der Waals surface area contributed by atoms with Gasteiger partial charge in [-0.25, -0.2) is 18.0 Å². The number of aromatic nitrogens is 4. The highest BCUT2D eigenvalue weighted by Crippen LogP contribution is 2.51. The van der Waals surface area contributed by atoms with Gasteiger partial charge < -0.3 is 29.9 Å². The first-order valence-electron chi connectivity index (χ1n) is 14.4. The molecule has 2 aromatic heterocycles. The van der Waals surface area contributed by atoms with Gasteiger partial charge >= 0.3 is 13.7 Å². The second-order valence-corrected chi connectivity index (χ2v) is 15.3. The number of aliphatic hydroxyl groups is 2. The Morgan fingerprint density at radius 1 is 1.28 bits per heavy atom. The summed E-state index contributed by atoms with van der Waals surface area (Å²) in [5.74, 6) is -0.937. The van der Waals surface area contributed by atoms with Crippen LogP contribution in [0.1, 0.15) is 45.8 Å². The predicted molar refractivity (Wildman–Crippen MR) is 168 cm³/mol. The van der Waals surface area contributed by atoms with Gasteiger partial charge in [0, 0.05) is 12.1 Å². The summed E-state index contributed by atoms with van der Waals surface area (Å²) in [6, 6.07) is 4.62. The van der Waals surface area contributed by atoms with Crippen LogP contribution in [0.3, 0.4) is 0 Å². The number of sulfonamides is 1. The molecule has 1 saturated carbocycles. The van der Waals surface area contributed by atoms with Crippen LogP contribution in [0.5, 0.6) is 5.75 Å². The van der Waals surface area contributed by atoms with Crippen LogP contribution in [0.4, 0.5) is 11.8 Å². The number of hydrogen-bond donors (Lipinski definition) is 5. The number of benzene rings is 1. The minimum Gasteiger partial charge on any atom is -0.461 e. The number of ether oxygens (including phenoxy) is 2. The van der Waals surface area contributed by atoms with E-state index in [1.807, 2.05) is 0 Å². The lowest BCUT2D eigenvalue weighted by molar-refractivity contribution is -0.151. The number of carbonyl (C=O) groups is 1. The number of rotatable bonds is 12. The number of anilines is 2. The fourth-order valence-corrected chi connectivity index (χ4v) is 7.50. The lowest BCUT2D eigenvalue weighted by atomic mass is 9.99. The average Bonchev–Trinajstić information content (AvgIpc) is 3.68. The fraction of sp³-hybridized carbons (Fsp3) is 0.538. The van der Waals surface area contributed by atoms with Crippen LogP contribution in [-0.4, -0.2) is 87.6 Å². The van der Waals surface area contributed by atoms with Crippen molar-refractivity contribution in [3.8, 4) is 5.75 Å². The summed E-state index contributed by atoms with van der Waals surface area (Å²) < 4.78 is 61.9. The first-order valence-corrected chi connectivity index (χ1v) is 18.3. The van der Waals surface area contributed by atoms with Crippen LogP contribution >= 0.6 is 19.3 Å². The molecule has 3 aromatic rings. The molecule has 0 bridgehead atoms. The maximum absolute atomic E-state index is 14.2. The second-order valence-electron chi connectivity index (χ2n) is 11.5. The highest BCUT2D eigenvalue weighted by molar-refractivity contribution is 7.88. The number of esters is 1. The summed E-state index contributed by atoms with van der Waals surface area (Å²) in [6.45, 7) is 2.65. The van der Waals surface area contributed by atoms with Gasteiger partial charge in [-0.3, -0.25) is 18.9 Å². The Labute approximate surface area is 275 Å². The van der Waals surface area contributed by atoms with Gasteiger partial charge in [-0.1, -0.05) is 11.6 Å². The number of carbonyl (C=O) groups excluding carboxylic acids is 1. The molecule has 47 heavy (non-hydrogen) atoms. The number of aliphatic hydroxyl groups excluding tert-OH is 1. The van der Waals surface area contributed by atoms with Crippen molar-refractivity contribution in [3.05, 3.63) is 35.6 Å². The normalized spacial score (nSPS) is 25.5. The molecule has 6 N–H and O–H groups in total. The molecule has 1 aliphatic heterocycles. The molecular formula is C26H36ClN8O10PS. The molecule has 3 unspecified atom stereocenters. The molecule has 0 radical (unpaired) electrons. The molecule has 5 rings (SSSR count). The lowest BCUT2D eigenvalue weighted by Gasteiger charge is -2.28. The molecule has 6 atom stereocenters. The van der Waals surface area contributed by atoms with E-state index in [9.17, 15) is 28.0 Å². The van der Waals surface area contributed by atoms with Gasteiger partial charge in [0.25, 0.3) is 0 Å². The molecule has 2 aliphatic rings. The monoisotopic (exact) mass is 718 g/mol. The third-order valence-corrected chi connectivity index (χ3v) is 9.98. The van der Waals surface area contributed by atoms with Crippen molar-refractivity contribution < 1.29 is 46.5 Å². The first-order chi connectivity index (χ1) is 22.0. The molecule has 1 aromatic carbocycles. The molecule has 1 aliphatic carbocycles. The standard InChI is InChI=1S/C26H36ClN8O10PS/c1-14(22(37)42-16-7-5-6-8-16)32-46(39,44-17-11-9-15(27)10-12-17)45-23-19(36)26(2,38)24(43-23)35-13-29-18-20(30-25(28)31-21(18)35)34(3)33-47(4,40)41/h9-14,16,19,23-24,33,36,38H,5-8H2,1-4H3,(H,32,39)(H2,28,30,31)/t14-,19?,23?,24+,26+,46?/m0/s1. The number of hydrazine groups is 1. The third kappa shape index (κ3) is 7.96. The van der Waals surface area contributed by atoms with E-state index in [-0.39, 0.29) is 34.8 Å². The van der Waals surface area contributed by atoms with Gasteiger partial charge in [0.2, 0.25) is 22.3 Å². The molecular weight excluding hydrogens is 683 g/mol. The van der Waals surface area contributed by atoms with Crippen molar-refractivity contribution >= 4 is 58.3 Å². The molecule has 18 nitrogen and oxygen atoms in total. The van der Waals surface area contributed by atoms with Crippen molar-refractivity contribution in [2.24, 2.45) is 0 Å². The summed E-state index contributed by atoms with van der Waals surface area (Å²) in [6.07, 6.45) is 0.0652. The van der Waals surface area contributed by atoms with Crippen molar-refractivity contribution in [1.82, 2.24) is 29.4 Å². The first kappa shape index (κ1) is 35.2. The van der Waals surface area contributed by atoms with Gasteiger partial charge in [0.1, 0.15) is 29.6 Å². The Morgan fingerprint density at radius 3 is 2.57 bits per heavy atom. The van der Waals surface area contributed by atoms with E-state index >= 15 is 0 Å². The number of nitrogens with two attached hydrogens (primary N) is 1. The number of halogens is 1. The zero-order chi connectivity index (χ0) is 34.3. The molecule has 2 fully saturated rings. The number of imidazole rings is 1. The Balaban J connectivity index is 1.43. The molecule has 1 saturated heterocycles. The van der Waals surface area contributed by atoms with E-state index in [1.165, 1.54) is 56.1 Å². The fourth-order valence-electron chi connectivity index (χ4n) is 5.22. The van der Waals surface area contributed by atoms with Crippen LogP contribution in [-0.2, 0) is 33.4 Å².